The number of benzene rings is 2. The van der Waals surface area contributed by atoms with Crippen molar-refractivity contribution in [1.29, 1.82) is 0 Å². The van der Waals surface area contributed by atoms with Crippen LogP contribution in [-0.4, -0.2) is 38.9 Å². The Balaban J connectivity index is 1.43. The Kier molecular flexibility index (Phi) is 3.78. The van der Waals surface area contributed by atoms with Gasteiger partial charge in [-0.25, -0.2) is 4.68 Å². The van der Waals surface area contributed by atoms with Crippen LogP contribution in [-0.2, 0) is 0 Å². The van der Waals surface area contributed by atoms with Crippen molar-refractivity contribution < 1.29 is 4.79 Å². The summed E-state index contributed by atoms with van der Waals surface area (Å²) < 4.78 is 1.84. The van der Waals surface area contributed by atoms with Crippen LogP contribution in [0.3, 0.4) is 0 Å². The van der Waals surface area contributed by atoms with Gasteiger partial charge in [-0.1, -0.05) is 53.2 Å². The van der Waals surface area contributed by atoms with Gasteiger partial charge in [0.05, 0.1) is 12.2 Å². The summed E-state index contributed by atoms with van der Waals surface area (Å²) in [4.78, 5) is 14.2. The lowest BCUT2D eigenvalue weighted by Crippen LogP contribution is -2.50. The molecule has 6 heteroatoms. The standard InChI is InChI=1S/C18H15ClN4O/c19-15-8-4-7-14(9-15)18(24)22-10-16(11-22)23-12-17(20-21-23)13-5-2-1-3-6-13/h1-9,12,16H,10-11H2. The third kappa shape index (κ3) is 2.78. The maximum atomic E-state index is 12.4. The highest BCUT2D eigenvalue weighted by Crippen LogP contribution is 2.25. The number of hydrogen-bond donors (Lipinski definition) is 0. The first-order valence-electron chi connectivity index (χ1n) is 7.73. The van der Waals surface area contributed by atoms with Crippen molar-refractivity contribution in [3.8, 4) is 11.3 Å². The molecule has 1 aliphatic rings. The van der Waals surface area contributed by atoms with Gasteiger partial charge in [0.15, 0.2) is 0 Å². The lowest BCUT2D eigenvalue weighted by molar-refractivity contribution is 0.0498. The van der Waals surface area contributed by atoms with E-state index in [4.69, 9.17) is 11.6 Å². The van der Waals surface area contributed by atoms with E-state index in [9.17, 15) is 4.79 Å². The molecule has 2 aromatic carbocycles. The molecule has 0 spiro atoms. The molecule has 24 heavy (non-hydrogen) atoms. The molecular weight excluding hydrogens is 324 g/mol. The SMILES string of the molecule is O=C(c1cccc(Cl)c1)N1CC(n2cc(-c3ccccc3)nn2)C1. The Morgan fingerprint density at radius 2 is 1.88 bits per heavy atom. The van der Waals surface area contributed by atoms with Gasteiger partial charge in [0.25, 0.3) is 5.91 Å². The molecule has 0 bridgehead atoms. The average Bonchev–Trinajstić information content (AvgIpc) is 3.04. The van der Waals surface area contributed by atoms with Crippen molar-refractivity contribution in [2.24, 2.45) is 0 Å². The van der Waals surface area contributed by atoms with Crippen LogP contribution in [0.25, 0.3) is 11.3 Å². The fourth-order valence-corrected chi connectivity index (χ4v) is 2.98. The fourth-order valence-electron chi connectivity index (χ4n) is 2.79. The van der Waals surface area contributed by atoms with Crippen LogP contribution in [0.4, 0.5) is 0 Å². The van der Waals surface area contributed by atoms with Gasteiger partial charge >= 0.3 is 0 Å². The predicted molar refractivity (Wildman–Crippen MR) is 91.9 cm³/mol. The largest absolute Gasteiger partial charge is 0.334 e. The van der Waals surface area contributed by atoms with Gasteiger partial charge in [0, 0.05) is 29.2 Å². The Hall–Kier alpha value is -2.66. The van der Waals surface area contributed by atoms with Gasteiger partial charge < -0.3 is 4.90 Å². The molecule has 0 aliphatic carbocycles. The zero-order chi connectivity index (χ0) is 16.5. The Bertz CT molecular complexity index is 871. The maximum absolute atomic E-state index is 12.4. The van der Waals surface area contributed by atoms with E-state index in [1.54, 1.807) is 29.2 Å². The van der Waals surface area contributed by atoms with Gasteiger partial charge in [-0.3, -0.25) is 4.79 Å². The number of carbonyl (C=O) groups excluding carboxylic acids is 1. The fraction of sp³-hybridized carbons (Fsp3) is 0.167. The van der Waals surface area contributed by atoms with E-state index >= 15 is 0 Å². The first-order chi connectivity index (χ1) is 11.7. The second-order valence-corrected chi connectivity index (χ2v) is 6.26. The Morgan fingerprint density at radius 1 is 1.08 bits per heavy atom. The van der Waals surface area contributed by atoms with Crippen LogP contribution in [0, 0.1) is 0 Å². The number of rotatable bonds is 3. The smallest absolute Gasteiger partial charge is 0.254 e. The van der Waals surface area contributed by atoms with E-state index < -0.39 is 0 Å². The minimum atomic E-state index is -0.00264. The summed E-state index contributed by atoms with van der Waals surface area (Å²) >= 11 is 5.95. The quantitative estimate of drug-likeness (QED) is 0.736. The highest BCUT2D eigenvalue weighted by Gasteiger charge is 2.33. The van der Waals surface area contributed by atoms with Crippen LogP contribution in [0.15, 0.2) is 60.8 Å². The van der Waals surface area contributed by atoms with Crippen molar-refractivity contribution in [3.05, 3.63) is 71.4 Å². The van der Waals surface area contributed by atoms with E-state index in [2.05, 4.69) is 10.3 Å². The molecule has 1 aliphatic heterocycles. The molecule has 3 aromatic rings. The first kappa shape index (κ1) is 14.9. The van der Waals surface area contributed by atoms with Crippen molar-refractivity contribution in [3.63, 3.8) is 0 Å². The summed E-state index contributed by atoms with van der Waals surface area (Å²) in [6, 6.07) is 17.1. The Morgan fingerprint density at radius 3 is 2.62 bits per heavy atom. The zero-order valence-electron chi connectivity index (χ0n) is 12.8. The molecule has 4 rings (SSSR count). The molecular formula is C18H15ClN4O. The molecule has 1 fully saturated rings. The highest BCUT2D eigenvalue weighted by atomic mass is 35.5. The summed E-state index contributed by atoms with van der Waals surface area (Å²) in [5.41, 5.74) is 2.50. The number of likely N-dealkylation sites (tertiary alicyclic amines) is 1. The van der Waals surface area contributed by atoms with Crippen molar-refractivity contribution >= 4 is 17.5 Å². The number of hydrogen-bond acceptors (Lipinski definition) is 3. The lowest BCUT2D eigenvalue weighted by Gasteiger charge is -2.38. The van der Waals surface area contributed by atoms with Crippen LogP contribution < -0.4 is 0 Å². The summed E-state index contributed by atoms with van der Waals surface area (Å²) in [5.74, 6) is -0.00264. The average molecular weight is 339 g/mol. The summed E-state index contributed by atoms with van der Waals surface area (Å²) in [6.45, 7) is 1.26. The van der Waals surface area contributed by atoms with Gasteiger partial charge in [-0.2, -0.15) is 0 Å². The molecule has 1 aromatic heterocycles. The second-order valence-electron chi connectivity index (χ2n) is 5.82. The topological polar surface area (TPSA) is 51.0 Å². The molecule has 0 radical (unpaired) electrons. The molecule has 2 heterocycles. The third-order valence-corrected chi connectivity index (χ3v) is 4.41. The van der Waals surface area contributed by atoms with E-state index in [1.807, 2.05) is 41.2 Å². The van der Waals surface area contributed by atoms with E-state index in [-0.39, 0.29) is 11.9 Å². The molecule has 1 amide bonds. The maximum Gasteiger partial charge on any atom is 0.254 e. The zero-order valence-corrected chi connectivity index (χ0v) is 13.6. The van der Waals surface area contributed by atoms with Crippen LogP contribution in [0.5, 0.6) is 0 Å². The first-order valence-corrected chi connectivity index (χ1v) is 8.10. The van der Waals surface area contributed by atoms with E-state index in [1.165, 1.54) is 0 Å². The van der Waals surface area contributed by atoms with Gasteiger partial charge in [0.2, 0.25) is 0 Å². The minimum absolute atomic E-state index is 0.00264. The highest BCUT2D eigenvalue weighted by molar-refractivity contribution is 6.30. The number of nitrogens with zero attached hydrogens (tertiary/aromatic N) is 4. The van der Waals surface area contributed by atoms with Crippen molar-refractivity contribution in [2.45, 2.75) is 6.04 Å². The monoisotopic (exact) mass is 338 g/mol. The van der Waals surface area contributed by atoms with E-state index in [0.29, 0.717) is 23.7 Å². The van der Waals surface area contributed by atoms with Crippen molar-refractivity contribution in [1.82, 2.24) is 19.9 Å². The molecule has 0 N–H and O–H groups in total. The van der Waals surface area contributed by atoms with Gasteiger partial charge in [-0.15, -0.1) is 5.10 Å². The van der Waals surface area contributed by atoms with E-state index in [0.717, 1.165) is 11.3 Å². The molecule has 5 nitrogen and oxygen atoms in total. The van der Waals surface area contributed by atoms with Crippen LogP contribution >= 0.6 is 11.6 Å². The summed E-state index contributed by atoms with van der Waals surface area (Å²) in [5, 5.41) is 8.99. The van der Waals surface area contributed by atoms with Gasteiger partial charge in [-0.05, 0) is 18.2 Å². The number of carbonyl (C=O) groups is 1. The minimum Gasteiger partial charge on any atom is -0.334 e. The molecule has 1 saturated heterocycles. The number of amides is 1. The van der Waals surface area contributed by atoms with Crippen LogP contribution in [0.1, 0.15) is 16.4 Å². The lowest BCUT2D eigenvalue weighted by atomic mass is 10.1. The normalized spacial score (nSPS) is 14.5. The third-order valence-electron chi connectivity index (χ3n) is 4.18. The molecule has 0 atom stereocenters. The Labute approximate surface area is 144 Å². The second kappa shape index (κ2) is 6.09. The summed E-state index contributed by atoms with van der Waals surface area (Å²) in [7, 11) is 0. The summed E-state index contributed by atoms with van der Waals surface area (Å²) in [6.07, 6.45) is 1.93. The number of aromatic nitrogens is 3. The van der Waals surface area contributed by atoms with Gasteiger partial charge in [0.1, 0.15) is 5.69 Å². The molecule has 0 unspecified atom stereocenters. The number of halogens is 1. The predicted octanol–water partition coefficient (Wildman–Crippen LogP) is 3.30. The molecule has 120 valence electrons. The van der Waals surface area contributed by atoms with Crippen molar-refractivity contribution in [2.75, 3.05) is 13.1 Å². The van der Waals surface area contributed by atoms with Crippen LogP contribution in [0.2, 0.25) is 5.02 Å². The molecule has 0 saturated carbocycles.